The molecule has 2 atom stereocenters. The second-order valence-corrected chi connectivity index (χ2v) is 5.54. The fraction of sp³-hybridized carbons (Fsp3) is 1.00. The Morgan fingerprint density at radius 3 is 2.74 bits per heavy atom. The van der Waals surface area contributed by atoms with Gasteiger partial charge in [-0.2, -0.15) is 0 Å². The third-order valence-electron chi connectivity index (χ3n) is 3.90. The fourth-order valence-electron chi connectivity index (χ4n) is 2.78. The Balaban J connectivity index is 1.99. The van der Waals surface area contributed by atoms with Gasteiger partial charge in [0.25, 0.3) is 0 Å². The Morgan fingerprint density at radius 1 is 1.21 bits per heavy atom. The maximum atomic E-state index is 5.48. The molecule has 0 aromatic rings. The molecule has 1 aliphatic rings. The van der Waals surface area contributed by atoms with Crippen LogP contribution in [0.25, 0.3) is 0 Å². The van der Waals surface area contributed by atoms with Crippen LogP contribution < -0.4 is 5.32 Å². The van der Waals surface area contributed by atoms with E-state index in [-0.39, 0.29) is 0 Å². The van der Waals surface area contributed by atoms with Gasteiger partial charge < -0.3 is 19.7 Å². The summed E-state index contributed by atoms with van der Waals surface area (Å²) in [6, 6.07) is 0.721. The summed E-state index contributed by atoms with van der Waals surface area (Å²) < 4.78 is 10.4. The van der Waals surface area contributed by atoms with E-state index in [1.165, 1.54) is 32.5 Å². The molecule has 19 heavy (non-hydrogen) atoms. The molecule has 0 aliphatic carbocycles. The number of unbranched alkanes of at least 4 members (excludes halogenated alkanes) is 1. The summed E-state index contributed by atoms with van der Waals surface area (Å²) in [5.41, 5.74) is 0. The van der Waals surface area contributed by atoms with Gasteiger partial charge in [-0.15, -0.1) is 0 Å². The van der Waals surface area contributed by atoms with Crippen LogP contribution in [0.1, 0.15) is 33.1 Å². The smallest absolute Gasteiger partial charge is 0.0700 e. The van der Waals surface area contributed by atoms with E-state index in [4.69, 9.17) is 9.47 Å². The molecular weight excluding hydrogens is 240 g/mol. The summed E-state index contributed by atoms with van der Waals surface area (Å²) in [5.74, 6) is 0.770. The zero-order chi connectivity index (χ0) is 13.9. The maximum Gasteiger partial charge on any atom is 0.0700 e. The van der Waals surface area contributed by atoms with E-state index in [2.05, 4.69) is 24.1 Å². The van der Waals surface area contributed by atoms with Crippen molar-refractivity contribution in [2.75, 3.05) is 53.1 Å². The minimum Gasteiger partial charge on any atom is -0.382 e. The predicted molar refractivity (Wildman–Crippen MR) is 79.6 cm³/mol. The molecule has 114 valence electrons. The lowest BCUT2D eigenvalue weighted by Crippen LogP contribution is -2.48. The van der Waals surface area contributed by atoms with Gasteiger partial charge in [-0.25, -0.2) is 0 Å². The number of rotatable bonds is 10. The van der Waals surface area contributed by atoms with Crippen LogP contribution in [0.2, 0.25) is 0 Å². The Bertz CT molecular complexity index is 214. The molecule has 1 saturated heterocycles. The molecule has 0 aromatic carbocycles. The minimum atomic E-state index is 0.704. The second-order valence-electron chi connectivity index (χ2n) is 5.54. The van der Waals surface area contributed by atoms with E-state index < -0.39 is 0 Å². The quantitative estimate of drug-likeness (QED) is 0.614. The summed E-state index contributed by atoms with van der Waals surface area (Å²) in [4.78, 5) is 2.60. The standard InChI is InChI=1S/C15H32N2O2/c1-4-16-15-7-9-17(13-14(15)2)8-5-6-10-19-12-11-18-3/h14-16H,4-13H2,1-3H3. The average molecular weight is 272 g/mol. The first-order chi connectivity index (χ1) is 9.27. The number of ether oxygens (including phenoxy) is 2. The Labute approximate surface area is 118 Å². The second kappa shape index (κ2) is 10.6. The normalized spacial score (nSPS) is 24.8. The highest BCUT2D eigenvalue weighted by Gasteiger charge is 2.24. The monoisotopic (exact) mass is 272 g/mol. The molecule has 0 spiro atoms. The lowest BCUT2D eigenvalue weighted by atomic mass is 9.93. The number of piperidine rings is 1. The van der Waals surface area contributed by atoms with Crippen LogP contribution in [-0.4, -0.2) is 64.1 Å². The average Bonchev–Trinajstić information content (AvgIpc) is 2.41. The summed E-state index contributed by atoms with van der Waals surface area (Å²) in [6.45, 7) is 11.7. The van der Waals surface area contributed by atoms with Crippen LogP contribution in [0.3, 0.4) is 0 Å². The van der Waals surface area contributed by atoms with Crippen LogP contribution in [0.15, 0.2) is 0 Å². The number of hydrogen-bond acceptors (Lipinski definition) is 4. The number of methoxy groups -OCH3 is 1. The summed E-state index contributed by atoms with van der Waals surface area (Å²) in [5, 5.41) is 3.59. The van der Waals surface area contributed by atoms with Crippen molar-refractivity contribution in [1.29, 1.82) is 0 Å². The SMILES string of the molecule is CCNC1CCN(CCCCOCCOC)CC1C. The van der Waals surface area contributed by atoms with Gasteiger partial charge in [0.15, 0.2) is 0 Å². The Hall–Kier alpha value is -0.160. The van der Waals surface area contributed by atoms with Crippen molar-refractivity contribution in [3.8, 4) is 0 Å². The predicted octanol–water partition coefficient (Wildman–Crippen LogP) is 1.75. The van der Waals surface area contributed by atoms with E-state index >= 15 is 0 Å². The van der Waals surface area contributed by atoms with E-state index in [1.807, 2.05) is 0 Å². The first kappa shape index (κ1) is 16.9. The maximum absolute atomic E-state index is 5.48. The van der Waals surface area contributed by atoms with Crippen LogP contribution in [0, 0.1) is 5.92 Å². The van der Waals surface area contributed by atoms with Crippen molar-refractivity contribution in [3.05, 3.63) is 0 Å². The molecule has 0 saturated carbocycles. The van der Waals surface area contributed by atoms with Crippen molar-refractivity contribution >= 4 is 0 Å². The lowest BCUT2D eigenvalue weighted by molar-refractivity contribution is 0.0663. The fourth-order valence-corrected chi connectivity index (χ4v) is 2.78. The molecule has 1 N–H and O–H groups in total. The molecule has 0 amide bonds. The minimum absolute atomic E-state index is 0.704. The highest BCUT2D eigenvalue weighted by Crippen LogP contribution is 2.17. The molecule has 1 aliphatic heterocycles. The first-order valence-corrected chi connectivity index (χ1v) is 7.80. The van der Waals surface area contributed by atoms with Crippen molar-refractivity contribution in [1.82, 2.24) is 10.2 Å². The van der Waals surface area contributed by atoms with E-state index in [0.29, 0.717) is 6.61 Å². The van der Waals surface area contributed by atoms with Gasteiger partial charge in [0.1, 0.15) is 0 Å². The molecule has 1 heterocycles. The Kier molecular flexibility index (Phi) is 9.43. The van der Waals surface area contributed by atoms with Crippen LogP contribution in [0.5, 0.6) is 0 Å². The molecule has 1 fully saturated rings. The number of hydrogen-bond donors (Lipinski definition) is 1. The molecule has 1 rings (SSSR count). The van der Waals surface area contributed by atoms with E-state index in [9.17, 15) is 0 Å². The van der Waals surface area contributed by atoms with Gasteiger partial charge in [-0.1, -0.05) is 13.8 Å². The van der Waals surface area contributed by atoms with Gasteiger partial charge in [0.2, 0.25) is 0 Å². The molecular formula is C15H32N2O2. The summed E-state index contributed by atoms with van der Waals surface area (Å²) >= 11 is 0. The van der Waals surface area contributed by atoms with Crippen molar-refractivity contribution in [2.45, 2.75) is 39.2 Å². The van der Waals surface area contributed by atoms with Crippen molar-refractivity contribution in [2.24, 2.45) is 5.92 Å². The van der Waals surface area contributed by atoms with Gasteiger partial charge in [-0.3, -0.25) is 0 Å². The summed E-state index contributed by atoms with van der Waals surface area (Å²) in [6.07, 6.45) is 3.69. The molecule has 2 unspecified atom stereocenters. The van der Waals surface area contributed by atoms with Gasteiger partial charge in [0.05, 0.1) is 13.2 Å². The van der Waals surface area contributed by atoms with E-state index in [1.54, 1.807) is 7.11 Å². The zero-order valence-corrected chi connectivity index (χ0v) is 13.0. The molecule has 0 bridgehead atoms. The summed E-state index contributed by atoms with van der Waals surface area (Å²) in [7, 11) is 1.71. The zero-order valence-electron chi connectivity index (χ0n) is 13.0. The van der Waals surface area contributed by atoms with Crippen molar-refractivity contribution < 1.29 is 9.47 Å². The van der Waals surface area contributed by atoms with Crippen LogP contribution in [-0.2, 0) is 9.47 Å². The van der Waals surface area contributed by atoms with Crippen LogP contribution in [0.4, 0.5) is 0 Å². The highest BCUT2D eigenvalue weighted by molar-refractivity contribution is 4.82. The van der Waals surface area contributed by atoms with Crippen LogP contribution >= 0.6 is 0 Å². The number of nitrogens with zero attached hydrogens (tertiary/aromatic N) is 1. The first-order valence-electron chi connectivity index (χ1n) is 7.80. The molecule has 4 heteroatoms. The van der Waals surface area contributed by atoms with Gasteiger partial charge in [0, 0.05) is 26.3 Å². The largest absolute Gasteiger partial charge is 0.382 e. The molecule has 0 radical (unpaired) electrons. The third kappa shape index (κ3) is 7.25. The molecule has 4 nitrogen and oxygen atoms in total. The number of nitrogens with one attached hydrogen (secondary N) is 1. The highest BCUT2D eigenvalue weighted by atomic mass is 16.5. The lowest BCUT2D eigenvalue weighted by Gasteiger charge is -2.37. The third-order valence-corrected chi connectivity index (χ3v) is 3.90. The topological polar surface area (TPSA) is 33.7 Å². The Morgan fingerprint density at radius 2 is 2.05 bits per heavy atom. The van der Waals surface area contributed by atoms with Crippen molar-refractivity contribution in [3.63, 3.8) is 0 Å². The van der Waals surface area contributed by atoms with E-state index in [0.717, 1.165) is 38.1 Å². The number of likely N-dealkylation sites (tertiary alicyclic amines) is 1. The van der Waals surface area contributed by atoms with Gasteiger partial charge in [-0.05, 0) is 44.8 Å². The molecule has 0 aromatic heterocycles. The van der Waals surface area contributed by atoms with Gasteiger partial charge >= 0.3 is 0 Å².